The van der Waals surface area contributed by atoms with E-state index in [4.69, 9.17) is 20.7 Å². The van der Waals surface area contributed by atoms with Crippen LogP contribution in [0, 0.1) is 0 Å². The van der Waals surface area contributed by atoms with Crippen molar-refractivity contribution in [1.82, 2.24) is 10.2 Å². The predicted molar refractivity (Wildman–Crippen MR) is 88.0 cm³/mol. The Balaban J connectivity index is 2.89. The molecule has 128 valence electrons. The van der Waals surface area contributed by atoms with Crippen LogP contribution in [0.4, 0.5) is 0 Å². The number of nitrogens with one attached hydrogen (secondary N) is 1. The lowest BCUT2D eigenvalue weighted by molar-refractivity contribution is 0.224. The number of methoxy groups -OCH3 is 1. The van der Waals surface area contributed by atoms with Crippen molar-refractivity contribution >= 4 is 0 Å². The summed E-state index contributed by atoms with van der Waals surface area (Å²) < 4.78 is 5.55. The summed E-state index contributed by atoms with van der Waals surface area (Å²) >= 11 is 0. The molecule has 0 aromatic rings. The SMILES string of the molecule is CNC1=CC(N(CCCCO)CCCCO)=C(OC)CC1N. The number of aliphatic hydroxyl groups is 2. The summed E-state index contributed by atoms with van der Waals surface area (Å²) in [5.41, 5.74) is 8.20. The summed E-state index contributed by atoms with van der Waals surface area (Å²) in [6.07, 6.45) is 6.15. The molecule has 1 unspecified atom stereocenters. The van der Waals surface area contributed by atoms with Crippen LogP contribution in [0.15, 0.2) is 23.2 Å². The third-order valence-corrected chi connectivity index (χ3v) is 3.93. The van der Waals surface area contributed by atoms with Gasteiger partial charge in [-0.05, 0) is 31.8 Å². The second kappa shape index (κ2) is 10.5. The normalized spacial score (nSPS) is 18.2. The number of hydrogen-bond donors (Lipinski definition) is 4. The van der Waals surface area contributed by atoms with E-state index in [2.05, 4.69) is 16.3 Å². The highest BCUT2D eigenvalue weighted by molar-refractivity contribution is 5.33. The van der Waals surface area contributed by atoms with Gasteiger partial charge in [0.2, 0.25) is 0 Å². The van der Waals surface area contributed by atoms with E-state index in [-0.39, 0.29) is 19.3 Å². The third-order valence-electron chi connectivity index (χ3n) is 3.93. The Morgan fingerprint density at radius 3 is 2.27 bits per heavy atom. The highest BCUT2D eigenvalue weighted by atomic mass is 16.5. The smallest absolute Gasteiger partial charge is 0.121 e. The van der Waals surface area contributed by atoms with Crippen molar-refractivity contribution in [3.05, 3.63) is 23.2 Å². The summed E-state index contributed by atoms with van der Waals surface area (Å²) in [6, 6.07) is -0.0690. The summed E-state index contributed by atoms with van der Waals surface area (Å²) in [6.45, 7) is 2.14. The average molecular weight is 313 g/mol. The van der Waals surface area contributed by atoms with Crippen LogP contribution in [0.2, 0.25) is 0 Å². The lowest BCUT2D eigenvalue weighted by Crippen LogP contribution is -2.36. The number of nitrogens with two attached hydrogens (primary N) is 1. The van der Waals surface area contributed by atoms with Gasteiger partial charge < -0.3 is 30.9 Å². The van der Waals surface area contributed by atoms with Gasteiger partial charge in [0.1, 0.15) is 5.76 Å². The van der Waals surface area contributed by atoms with Gasteiger partial charge in [0.15, 0.2) is 0 Å². The van der Waals surface area contributed by atoms with Crippen LogP contribution in [-0.4, -0.2) is 61.6 Å². The lowest BCUT2D eigenvalue weighted by Gasteiger charge is -2.32. The van der Waals surface area contributed by atoms with Gasteiger partial charge in [0.05, 0.1) is 18.8 Å². The number of rotatable bonds is 11. The quantitative estimate of drug-likeness (QED) is 0.416. The summed E-state index contributed by atoms with van der Waals surface area (Å²) in [5, 5.41) is 21.1. The van der Waals surface area contributed by atoms with Gasteiger partial charge in [0.25, 0.3) is 0 Å². The maximum absolute atomic E-state index is 8.99. The van der Waals surface area contributed by atoms with Crippen molar-refractivity contribution in [3.63, 3.8) is 0 Å². The van der Waals surface area contributed by atoms with E-state index in [1.807, 2.05) is 7.05 Å². The molecule has 0 radical (unpaired) electrons. The second-order valence-electron chi connectivity index (χ2n) is 5.52. The number of unbranched alkanes of at least 4 members (excludes halogenated alkanes) is 2. The van der Waals surface area contributed by atoms with Crippen LogP contribution >= 0.6 is 0 Å². The van der Waals surface area contributed by atoms with Crippen LogP contribution in [0.25, 0.3) is 0 Å². The fourth-order valence-corrected chi connectivity index (χ4v) is 2.64. The van der Waals surface area contributed by atoms with Crippen LogP contribution in [0.1, 0.15) is 32.1 Å². The molecule has 0 aliphatic heterocycles. The molecule has 0 aromatic heterocycles. The molecule has 1 rings (SSSR count). The van der Waals surface area contributed by atoms with E-state index in [1.165, 1.54) is 0 Å². The first kappa shape index (κ1) is 18.8. The largest absolute Gasteiger partial charge is 0.499 e. The highest BCUT2D eigenvalue weighted by Gasteiger charge is 2.23. The molecule has 0 saturated carbocycles. The molecule has 5 N–H and O–H groups in total. The Labute approximate surface area is 133 Å². The fraction of sp³-hybridized carbons (Fsp3) is 0.750. The van der Waals surface area contributed by atoms with E-state index < -0.39 is 0 Å². The lowest BCUT2D eigenvalue weighted by atomic mass is 10.0. The van der Waals surface area contributed by atoms with Crippen LogP contribution in [0.3, 0.4) is 0 Å². The maximum atomic E-state index is 8.99. The number of ether oxygens (including phenoxy) is 1. The Hall–Kier alpha value is -1.24. The molecule has 0 bridgehead atoms. The van der Waals surface area contributed by atoms with E-state index in [0.717, 1.165) is 55.9 Å². The van der Waals surface area contributed by atoms with Crippen LogP contribution < -0.4 is 11.1 Å². The minimum absolute atomic E-state index is 0.0690. The topological polar surface area (TPSA) is 91.0 Å². The van der Waals surface area contributed by atoms with Gasteiger partial charge in [-0.25, -0.2) is 0 Å². The molecular formula is C16H31N3O3. The summed E-state index contributed by atoms with van der Waals surface area (Å²) in [5.74, 6) is 0.902. The van der Waals surface area contributed by atoms with Gasteiger partial charge >= 0.3 is 0 Å². The highest BCUT2D eigenvalue weighted by Crippen LogP contribution is 2.26. The van der Waals surface area contributed by atoms with Crippen molar-refractivity contribution in [2.45, 2.75) is 38.1 Å². The molecule has 0 saturated heterocycles. The van der Waals surface area contributed by atoms with Crippen molar-refractivity contribution in [2.24, 2.45) is 5.73 Å². The molecular weight excluding hydrogens is 282 g/mol. The molecule has 1 aliphatic carbocycles. The average Bonchev–Trinajstić information content (AvgIpc) is 2.53. The minimum atomic E-state index is -0.0690. The first-order valence-electron chi connectivity index (χ1n) is 8.06. The zero-order valence-corrected chi connectivity index (χ0v) is 13.8. The van der Waals surface area contributed by atoms with Crippen LogP contribution in [0.5, 0.6) is 0 Å². The predicted octanol–water partition coefficient (Wildman–Crippen LogP) is 0.526. The molecule has 6 heteroatoms. The van der Waals surface area contributed by atoms with E-state index >= 15 is 0 Å². The summed E-state index contributed by atoms with van der Waals surface area (Å²) in [4.78, 5) is 2.27. The van der Waals surface area contributed by atoms with Gasteiger partial charge in [-0.1, -0.05) is 0 Å². The Morgan fingerprint density at radius 1 is 1.23 bits per heavy atom. The van der Waals surface area contributed by atoms with E-state index in [1.54, 1.807) is 7.11 Å². The first-order chi connectivity index (χ1) is 10.7. The number of likely N-dealkylation sites (N-methyl/N-ethyl adjacent to an activating group) is 1. The van der Waals surface area contributed by atoms with Crippen molar-refractivity contribution in [2.75, 3.05) is 40.5 Å². The zero-order valence-electron chi connectivity index (χ0n) is 13.8. The molecule has 0 amide bonds. The molecule has 0 fully saturated rings. The Kier molecular flexibility index (Phi) is 8.96. The monoisotopic (exact) mass is 313 g/mol. The van der Waals surface area contributed by atoms with Gasteiger partial charge in [0, 0.05) is 45.5 Å². The third kappa shape index (κ3) is 5.51. The minimum Gasteiger partial charge on any atom is -0.499 e. The molecule has 0 heterocycles. The standard InChI is InChI=1S/C16H31N3O3/c1-18-14-12-15(16(22-2)11-13(14)17)19(7-3-5-9-20)8-4-6-10-21/h12-13,18,20-21H,3-11,17H2,1-2H3. The Morgan fingerprint density at radius 2 is 1.82 bits per heavy atom. The number of nitrogens with zero attached hydrogens (tertiary/aromatic N) is 1. The zero-order chi connectivity index (χ0) is 16.4. The van der Waals surface area contributed by atoms with E-state index in [9.17, 15) is 0 Å². The summed E-state index contributed by atoms with van der Waals surface area (Å²) in [7, 11) is 3.56. The number of allylic oxidation sites excluding steroid dienone is 1. The first-order valence-corrected chi connectivity index (χ1v) is 8.06. The molecule has 1 aliphatic rings. The van der Waals surface area contributed by atoms with Crippen molar-refractivity contribution < 1.29 is 14.9 Å². The van der Waals surface area contributed by atoms with E-state index in [0.29, 0.717) is 6.42 Å². The Bertz CT molecular complexity index is 373. The van der Waals surface area contributed by atoms with Gasteiger partial charge in [-0.15, -0.1) is 0 Å². The van der Waals surface area contributed by atoms with Crippen molar-refractivity contribution in [1.29, 1.82) is 0 Å². The molecule has 0 aromatic carbocycles. The molecule has 22 heavy (non-hydrogen) atoms. The number of hydrogen-bond acceptors (Lipinski definition) is 6. The molecule has 0 spiro atoms. The molecule has 1 atom stereocenters. The second-order valence-corrected chi connectivity index (χ2v) is 5.52. The number of aliphatic hydroxyl groups excluding tert-OH is 2. The van der Waals surface area contributed by atoms with Crippen molar-refractivity contribution in [3.8, 4) is 0 Å². The fourth-order valence-electron chi connectivity index (χ4n) is 2.64. The van der Waals surface area contributed by atoms with Crippen LogP contribution in [-0.2, 0) is 4.74 Å². The van der Waals surface area contributed by atoms with Gasteiger partial charge in [-0.3, -0.25) is 0 Å². The van der Waals surface area contributed by atoms with Gasteiger partial charge in [-0.2, -0.15) is 0 Å². The molecule has 6 nitrogen and oxygen atoms in total. The maximum Gasteiger partial charge on any atom is 0.121 e.